The predicted octanol–water partition coefficient (Wildman–Crippen LogP) is 8.42. The van der Waals surface area contributed by atoms with Crippen LogP contribution in [0.2, 0.25) is 0 Å². The van der Waals surface area contributed by atoms with Crippen molar-refractivity contribution in [2.24, 2.45) is 23.7 Å². The van der Waals surface area contributed by atoms with E-state index in [1.165, 1.54) is 44.1 Å². The van der Waals surface area contributed by atoms with Crippen molar-refractivity contribution in [2.45, 2.75) is 96.2 Å². The molecule has 2 atom stereocenters. The van der Waals surface area contributed by atoms with E-state index in [0.29, 0.717) is 31.6 Å². The molecular weight excluding hydrogens is 440 g/mol. The molecule has 0 amide bonds. The summed E-state index contributed by atoms with van der Waals surface area (Å²) in [5.41, 5.74) is 2.30. The number of ether oxygens (including phenoxy) is 1. The average molecular weight is 479 g/mol. The highest BCUT2D eigenvalue weighted by molar-refractivity contribution is 5.36. The molecule has 0 aromatic heterocycles. The number of alkyl halides is 4. The third-order valence-electron chi connectivity index (χ3n) is 7.73. The number of hydrogen-bond acceptors (Lipinski definition) is 1. The molecule has 2 aliphatic rings. The molecule has 0 bridgehead atoms. The van der Waals surface area contributed by atoms with Crippen LogP contribution in [0, 0.1) is 35.5 Å². The molecule has 5 heteroatoms. The Balaban J connectivity index is 1.38. The van der Waals surface area contributed by atoms with Crippen molar-refractivity contribution < 1.29 is 22.3 Å². The fourth-order valence-corrected chi connectivity index (χ4v) is 5.50. The third kappa shape index (κ3) is 8.15. The van der Waals surface area contributed by atoms with Gasteiger partial charge in [-0.15, -0.1) is 6.58 Å². The van der Waals surface area contributed by atoms with Crippen molar-refractivity contribution in [1.82, 2.24) is 0 Å². The summed E-state index contributed by atoms with van der Waals surface area (Å²) in [4.78, 5) is 0. The van der Waals surface area contributed by atoms with E-state index in [0.717, 1.165) is 23.8 Å². The zero-order valence-corrected chi connectivity index (χ0v) is 20.3. The second-order valence-corrected chi connectivity index (χ2v) is 10.1. The van der Waals surface area contributed by atoms with E-state index in [-0.39, 0.29) is 5.92 Å². The first kappa shape index (κ1) is 26.8. The third-order valence-corrected chi connectivity index (χ3v) is 7.73. The molecule has 0 spiro atoms. The van der Waals surface area contributed by atoms with Gasteiger partial charge in [-0.3, -0.25) is 0 Å². The lowest BCUT2D eigenvalue weighted by Crippen LogP contribution is -2.33. The summed E-state index contributed by atoms with van der Waals surface area (Å²) in [5, 5.41) is 0. The quantitative estimate of drug-likeness (QED) is 0.207. The van der Waals surface area contributed by atoms with Gasteiger partial charge in [0.25, 0.3) is 6.36 Å². The van der Waals surface area contributed by atoms with E-state index in [4.69, 9.17) is 0 Å². The van der Waals surface area contributed by atoms with Gasteiger partial charge < -0.3 is 4.74 Å². The minimum Gasteiger partial charge on any atom is -0.338 e. The van der Waals surface area contributed by atoms with Gasteiger partial charge in [0.2, 0.25) is 0 Å². The van der Waals surface area contributed by atoms with Gasteiger partial charge in [-0.1, -0.05) is 49.8 Å². The minimum atomic E-state index is -4.95. The van der Waals surface area contributed by atoms with Crippen LogP contribution in [-0.4, -0.2) is 18.6 Å². The summed E-state index contributed by atoms with van der Waals surface area (Å²) < 4.78 is 54.5. The molecule has 2 saturated carbocycles. The molecule has 0 aliphatic heterocycles. The Morgan fingerprint density at radius 3 is 2.24 bits per heavy atom. The van der Waals surface area contributed by atoms with Crippen molar-refractivity contribution in [3.05, 3.63) is 48.0 Å². The largest absolute Gasteiger partial charge is 0.445 e. The Hall–Kier alpha value is -1.80. The van der Waals surface area contributed by atoms with Crippen molar-refractivity contribution in [3.63, 3.8) is 0 Å². The van der Waals surface area contributed by atoms with Crippen LogP contribution in [0.25, 0.3) is 0 Å². The first-order valence-electron chi connectivity index (χ1n) is 12.9. The van der Waals surface area contributed by atoms with Crippen LogP contribution in [0.15, 0.2) is 36.9 Å². The van der Waals surface area contributed by atoms with Gasteiger partial charge in [0.15, 0.2) is 0 Å². The molecule has 0 saturated heterocycles. The Labute approximate surface area is 202 Å². The summed E-state index contributed by atoms with van der Waals surface area (Å²) in [6, 6.07) is 8.43. The first-order chi connectivity index (χ1) is 16.3. The zero-order valence-electron chi connectivity index (χ0n) is 20.3. The maximum atomic E-state index is 13.0. The Morgan fingerprint density at radius 2 is 1.68 bits per heavy atom. The van der Waals surface area contributed by atoms with Crippen LogP contribution in [0.4, 0.5) is 17.6 Å². The number of hydrogen-bond donors (Lipinski definition) is 0. The van der Waals surface area contributed by atoms with Gasteiger partial charge in [-0.2, -0.15) is 13.2 Å². The van der Waals surface area contributed by atoms with E-state index in [1.54, 1.807) is 0 Å². The SMILES string of the molecule is C=CC(CC)C1CCC(CCc2ccc(C#CC3CCC(OC(F)C(F)(F)F)CC3)cc2)CC1. The molecule has 3 rings (SSSR count). The van der Waals surface area contributed by atoms with E-state index in [2.05, 4.69) is 60.4 Å². The van der Waals surface area contributed by atoms with Crippen molar-refractivity contribution >= 4 is 0 Å². The lowest BCUT2D eigenvalue weighted by molar-refractivity contribution is -0.279. The summed E-state index contributed by atoms with van der Waals surface area (Å²) >= 11 is 0. The van der Waals surface area contributed by atoms with Crippen LogP contribution in [0.1, 0.15) is 82.3 Å². The molecule has 0 radical (unpaired) electrons. The molecule has 1 aromatic rings. The number of rotatable bonds is 8. The first-order valence-corrected chi connectivity index (χ1v) is 12.9. The normalized spacial score (nSPS) is 27.3. The lowest BCUT2D eigenvalue weighted by Gasteiger charge is -2.32. The fourth-order valence-electron chi connectivity index (χ4n) is 5.50. The number of allylic oxidation sites excluding steroid dienone is 1. The predicted molar refractivity (Wildman–Crippen MR) is 129 cm³/mol. The number of halogens is 4. The summed E-state index contributed by atoms with van der Waals surface area (Å²) in [6.45, 7) is 6.27. The highest BCUT2D eigenvalue weighted by Crippen LogP contribution is 2.37. The van der Waals surface area contributed by atoms with Crippen LogP contribution >= 0.6 is 0 Å². The molecule has 188 valence electrons. The van der Waals surface area contributed by atoms with E-state index >= 15 is 0 Å². The van der Waals surface area contributed by atoms with Crippen molar-refractivity contribution in [3.8, 4) is 11.8 Å². The second-order valence-electron chi connectivity index (χ2n) is 10.1. The fraction of sp³-hybridized carbons (Fsp3) is 0.655. The van der Waals surface area contributed by atoms with Crippen LogP contribution in [0.3, 0.4) is 0 Å². The Kier molecular flexibility index (Phi) is 10.1. The molecule has 0 N–H and O–H groups in total. The Morgan fingerprint density at radius 1 is 1.03 bits per heavy atom. The smallest absolute Gasteiger partial charge is 0.338 e. The van der Waals surface area contributed by atoms with E-state index in [9.17, 15) is 17.6 Å². The van der Waals surface area contributed by atoms with Gasteiger partial charge in [-0.25, -0.2) is 4.39 Å². The Bertz CT molecular complexity index is 803. The van der Waals surface area contributed by atoms with E-state index < -0.39 is 18.6 Å². The standard InChI is InChI=1S/C29H38F4O/c1-3-25(4-2)26-17-13-23(14-18-26)11-9-21-5-7-22(8-6-21)10-12-24-15-19-27(20-16-24)34-28(30)29(31,32)33/h3,5-8,23-28H,1,4,9,11,13-20H2,2H3. The molecule has 1 aromatic carbocycles. The molecule has 2 fully saturated rings. The number of benzene rings is 1. The van der Waals surface area contributed by atoms with Crippen molar-refractivity contribution in [1.29, 1.82) is 0 Å². The average Bonchev–Trinajstić information content (AvgIpc) is 2.84. The summed E-state index contributed by atoms with van der Waals surface area (Å²) in [6.07, 6.45) is 4.24. The molecule has 2 aliphatic carbocycles. The van der Waals surface area contributed by atoms with Gasteiger partial charge in [0, 0.05) is 11.5 Å². The van der Waals surface area contributed by atoms with Crippen LogP contribution in [-0.2, 0) is 11.2 Å². The molecule has 2 unspecified atom stereocenters. The highest BCUT2D eigenvalue weighted by Gasteiger charge is 2.43. The molecule has 1 nitrogen and oxygen atoms in total. The van der Waals surface area contributed by atoms with Crippen LogP contribution in [0.5, 0.6) is 0 Å². The molecular formula is C29H38F4O. The van der Waals surface area contributed by atoms with Gasteiger partial charge in [0.1, 0.15) is 0 Å². The number of aryl methyl sites for hydroxylation is 1. The van der Waals surface area contributed by atoms with Gasteiger partial charge in [-0.05, 0) is 93.2 Å². The topological polar surface area (TPSA) is 9.23 Å². The van der Waals surface area contributed by atoms with Gasteiger partial charge >= 0.3 is 6.18 Å². The highest BCUT2D eigenvalue weighted by atomic mass is 19.4. The lowest BCUT2D eigenvalue weighted by atomic mass is 9.73. The zero-order chi connectivity index (χ0) is 24.6. The maximum Gasteiger partial charge on any atom is 0.445 e. The van der Waals surface area contributed by atoms with E-state index in [1.807, 2.05) is 0 Å². The summed E-state index contributed by atoms with van der Waals surface area (Å²) in [7, 11) is 0. The maximum absolute atomic E-state index is 13.0. The van der Waals surface area contributed by atoms with Crippen molar-refractivity contribution in [2.75, 3.05) is 0 Å². The second kappa shape index (κ2) is 12.8. The monoisotopic (exact) mass is 478 g/mol. The van der Waals surface area contributed by atoms with Crippen LogP contribution < -0.4 is 0 Å². The summed E-state index contributed by atoms with van der Waals surface area (Å²) in [5.74, 6) is 8.87. The minimum absolute atomic E-state index is 0.118. The molecule has 0 heterocycles. The van der Waals surface area contributed by atoms with Gasteiger partial charge in [0.05, 0.1) is 6.10 Å². The molecule has 34 heavy (non-hydrogen) atoms.